The van der Waals surface area contributed by atoms with Crippen molar-refractivity contribution in [2.75, 3.05) is 7.11 Å². The molecule has 0 radical (unpaired) electrons. The molecule has 3 atom stereocenters. The Hall–Kier alpha value is -2.12. The largest absolute Gasteiger partial charge is 0.497 e. The Kier molecular flexibility index (Phi) is 5.63. The van der Waals surface area contributed by atoms with Crippen molar-refractivity contribution in [1.82, 2.24) is 0 Å². The molecule has 2 rings (SSSR count). The first-order valence-corrected chi connectivity index (χ1v) is 7.98. The number of esters is 1. The molecular weight excluding hydrogens is 359 g/mol. The van der Waals surface area contributed by atoms with E-state index in [0.717, 1.165) is 5.57 Å². The van der Waals surface area contributed by atoms with Gasteiger partial charge in [-0.2, -0.15) is 22.0 Å². The van der Waals surface area contributed by atoms with E-state index in [1.165, 1.54) is 6.92 Å². The minimum absolute atomic E-state index is 0.0156. The van der Waals surface area contributed by atoms with E-state index < -0.39 is 30.1 Å². The van der Waals surface area contributed by atoms with E-state index >= 15 is 0 Å². The lowest BCUT2D eigenvalue weighted by atomic mass is 9.82. The molecule has 2 aliphatic carbocycles. The maximum atomic E-state index is 13.2. The fourth-order valence-electron chi connectivity index (χ4n) is 2.67. The minimum atomic E-state index is -5.78. The topological polar surface area (TPSA) is 35.5 Å². The molecule has 0 aromatic carbocycles. The summed E-state index contributed by atoms with van der Waals surface area (Å²) in [6.07, 6.45) is 1.13. The Balaban J connectivity index is 2.06. The summed E-state index contributed by atoms with van der Waals surface area (Å²) in [5.41, 5.74) is 1.47. The summed E-state index contributed by atoms with van der Waals surface area (Å²) in [7, 11) is 1.55. The number of ether oxygens (including phenoxy) is 2. The van der Waals surface area contributed by atoms with Crippen LogP contribution < -0.4 is 0 Å². The van der Waals surface area contributed by atoms with E-state index in [1.54, 1.807) is 25.3 Å². The second-order valence-electron chi connectivity index (χ2n) is 6.22. The molecular formula is C18H19F5O3. The Labute approximate surface area is 147 Å². The molecule has 144 valence electrons. The van der Waals surface area contributed by atoms with Gasteiger partial charge in [-0.25, -0.2) is 0 Å². The average Bonchev–Trinajstić information content (AvgIpc) is 2.58. The van der Waals surface area contributed by atoms with Gasteiger partial charge in [-0.3, -0.25) is 4.79 Å². The highest BCUT2D eigenvalue weighted by molar-refractivity contribution is 5.77. The van der Waals surface area contributed by atoms with E-state index in [2.05, 4.69) is 4.74 Å². The molecule has 0 saturated heterocycles. The monoisotopic (exact) mass is 378 g/mol. The van der Waals surface area contributed by atoms with E-state index in [1.807, 2.05) is 12.2 Å². The van der Waals surface area contributed by atoms with Gasteiger partial charge in [0.2, 0.25) is 0 Å². The van der Waals surface area contributed by atoms with Gasteiger partial charge in [0.25, 0.3) is 0 Å². The zero-order chi connectivity index (χ0) is 19.7. The van der Waals surface area contributed by atoms with Crippen LogP contribution >= 0.6 is 0 Å². The van der Waals surface area contributed by atoms with E-state index in [9.17, 15) is 26.7 Å². The number of hydrogen-bond donors (Lipinski definition) is 0. The van der Waals surface area contributed by atoms with Crippen molar-refractivity contribution in [3.8, 4) is 0 Å². The van der Waals surface area contributed by atoms with E-state index in [4.69, 9.17) is 4.74 Å². The van der Waals surface area contributed by atoms with Crippen LogP contribution in [0.3, 0.4) is 0 Å². The van der Waals surface area contributed by atoms with Crippen molar-refractivity contribution in [2.24, 2.45) is 11.8 Å². The lowest BCUT2D eigenvalue weighted by molar-refractivity contribution is -0.312. The Bertz CT molecular complexity index is 685. The number of fused-ring (bicyclic) bond motifs is 1. The second-order valence-corrected chi connectivity index (χ2v) is 6.22. The van der Waals surface area contributed by atoms with Crippen molar-refractivity contribution in [3.05, 3.63) is 47.3 Å². The van der Waals surface area contributed by atoms with Crippen LogP contribution in [0.5, 0.6) is 0 Å². The molecule has 0 aliphatic heterocycles. The number of carbonyl (C=O) groups is 1. The lowest BCUT2D eigenvalue weighted by Crippen LogP contribution is -2.48. The number of allylic oxidation sites excluding steroid dienone is 6. The van der Waals surface area contributed by atoms with Crippen LogP contribution in [0.2, 0.25) is 0 Å². The molecule has 2 unspecified atom stereocenters. The quantitative estimate of drug-likeness (QED) is 0.513. The van der Waals surface area contributed by atoms with E-state index in [0.29, 0.717) is 24.7 Å². The average molecular weight is 378 g/mol. The highest BCUT2D eigenvalue weighted by atomic mass is 19.4. The Morgan fingerprint density at radius 3 is 2.42 bits per heavy atom. The van der Waals surface area contributed by atoms with Crippen molar-refractivity contribution >= 4 is 5.97 Å². The molecule has 2 aliphatic rings. The molecule has 8 heteroatoms. The van der Waals surface area contributed by atoms with Gasteiger partial charge >= 0.3 is 18.1 Å². The first-order chi connectivity index (χ1) is 12.0. The molecule has 0 aromatic heterocycles. The Morgan fingerprint density at radius 2 is 1.85 bits per heavy atom. The SMILES string of the molecule is COC1=CCC2C=C([C@H](C)C(=O)OC(C)C(F)(F)C(F)(F)F)C=CC2=C1. The summed E-state index contributed by atoms with van der Waals surface area (Å²) in [6, 6.07) is 0. The molecule has 0 N–H and O–H groups in total. The number of alkyl halides is 5. The third-order valence-corrected chi connectivity index (χ3v) is 4.44. The molecule has 0 bridgehead atoms. The molecule has 0 spiro atoms. The molecule has 0 aromatic rings. The van der Waals surface area contributed by atoms with Crippen LogP contribution in [0.15, 0.2) is 47.3 Å². The predicted molar refractivity (Wildman–Crippen MR) is 84.2 cm³/mol. The number of methoxy groups -OCH3 is 1. The zero-order valence-electron chi connectivity index (χ0n) is 14.4. The number of halogens is 5. The van der Waals surface area contributed by atoms with Gasteiger partial charge in [0.1, 0.15) is 5.76 Å². The van der Waals surface area contributed by atoms with Gasteiger partial charge in [-0.1, -0.05) is 18.2 Å². The van der Waals surface area contributed by atoms with Gasteiger partial charge in [-0.15, -0.1) is 0 Å². The number of rotatable bonds is 5. The number of carbonyl (C=O) groups excluding carboxylic acids is 1. The summed E-state index contributed by atoms with van der Waals surface area (Å²) < 4.78 is 73.0. The lowest BCUT2D eigenvalue weighted by Gasteiger charge is -2.28. The minimum Gasteiger partial charge on any atom is -0.497 e. The van der Waals surface area contributed by atoms with Crippen LogP contribution in [0, 0.1) is 11.8 Å². The summed E-state index contributed by atoms with van der Waals surface area (Å²) in [5.74, 6) is -6.51. The molecule has 0 heterocycles. The highest BCUT2D eigenvalue weighted by Gasteiger charge is 2.62. The van der Waals surface area contributed by atoms with Gasteiger partial charge in [0.05, 0.1) is 13.0 Å². The van der Waals surface area contributed by atoms with Crippen molar-refractivity contribution < 1.29 is 36.2 Å². The molecule has 0 saturated carbocycles. The predicted octanol–water partition coefficient (Wildman–Crippen LogP) is 4.72. The summed E-state index contributed by atoms with van der Waals surface area (Å²) in [5, 5.41) is 0. The van der Waals surface area contributed by atoms with E-state index in [-0.39, 0.29) is 5.92 Å². The maximum absolute atomic E-state index is 13.2. The number of hydrogen-bond acceptors (Lipinski definition) is 3. The fourth-order valence-corrected chi connectivity index (χ4v) is 2.67. The fraction of sp³-hybridized carbons (Fsp3) is 0.500. The standard InChI is InChI=1S/C18H19F5O3/c1-10(16(24)26-11(2)17(19,20)18(21,22)23)12-4-5-14-9-15(25-3)7-6-13(14)8-12/h4-5,7-11,13H,6H2,1-3H3/t10-,11?,13?/m0/s1. The van der Waals surface area contributed by atoms with Crippen LogP contribution in [-0.4, -0.2) is 31.3 Å². The van der Waals surface area contributed by atoms with Gasteiger partial charge in [0.15, 0.2) is 6.10 Å². The van der Waals surface area contributed by atoms with Crippen molar-refractivity contribution in [2.45, 2.75) is 38.5 Å². The van der Waals surface area contributed by atoms with Crippen molar-refractivity contribution in [3.63, 3.8) is 0 Å². The molecule has 3 nitrogen and oxygen atoms in total. The smallest absolute Gasteiger partial charge is 0.457 e. The van der Waals surface area contributed by atoms with Crippen molar-refractivity contribution in [1.29, 1.82) is 0 Å². The van der Waals surface area contributed by atoms with Gasteiger partial charge < -0.3 is 9.47 Å². The third-order valence-electron chi connectivity index (χ3n) is 4.44. The first kappa shape index (κ1) is 20.2. The van der Waals surface area contributed by atoms with Gasteiger partial charge in [-0.05, 0) is 43.6 Å². The zero-order valence-corrected chi connectivity index (χ0v) is 14.4. The normalized spacial score (nSPS) is 22.5. The summed E-state index contributed by atoms with van der Waals surface area (Å²) in [4.78, 5) is 12.0. The van der Waals surface area contributed by atoms with Crippen LogP contribution in [-0.2, 0) is 14.3 Å². The highest BCUT2D eigenvalue weighted by Crippen LogP contribution is 2.40. The first-order valence-electron chi connectivity index (χ1n) is 7.98. The maximum Gasteiger partial charge on any atom is 0.457 e. The summed E-state index contributed by atoms with van der Waals surface area (Å²) >= 11 is 0. The molecule has 26 heavy (non-hydrogen) atoms. The third kappa shape index (κ3) is 3.99. The molecule has 0 fully saturated rings. The van der Waals surface area contributed by atoms with Crippen LogP contribution in [0.1, 0.15) is 20.3 Å². The molecule has 0 amide bonds. The van der Waals surface area contributed by atoms with Crippen LogP contribution in [0.4, 0.5) is 22.0 Å². The second kappa shape index (κ2) is 7.25. The van der Waals surface area contributed by atoms with Gasteiger partial charge in [0, 0.05) is 5.92 Å². The van der Waals surface area contributed by atoms with Crippen LogP contribution in [0.25, 0.3) is 0 Å². The Morgan fingerprint density at radius 1 is 1.19 bits per heavy atom. The summed E-state index contributed by atoms with van der Waals surface area (Å²) in [6.45, 7) is 1.94.